The molecule has 1 aliphatic rings. The van der Waals surface area contributed by atoms with E-state index in [0.29, 0.717) is 0 Å². The smallest absolute Gasteiger partial charge is 0.106 e. The molecule has 2 aromatic rings. The van der Waals surface area contributed by atoms with E-state index in [0.717, 1.165) is 17.2 Å². The van der Waals surface area contributed by atoms with Crippen molar-refractivity contribution < 1.29 is 4.79 Å². The van der Waals surface area contributed by atoms with Crippen molar-refractivity contribution in [1.29, 1.82) is 0 Å². The lowest BCUT2D eigenvalue weighted by Gasteiger charge is -2.21. The Balaban J connectivity index is 0.000000623. The van der Waals surface area contributed by atoms with E-state index < -0.39 is 0 Å². The van der Waals surface area contributed by atoms with Gasteiger partial charge in [0.2, 0.25) is 0 Å². The molecule has 34 heavy (non-hydrogen) atoms. The van der Waals surface area contributed by atoms with Crippen molar-refractivity contribution in [2.45, 2.75) is 73.1 Å². The van der Waals surface area contributed by atoms with E-state index in [1.807, 2.05) is 19.9 Å². The standard InChI is InChI=1S/C17H26N2.C11H13N.CH2O.CH4/c1-5-16(13-18-4)15(3)19-12-11-14(2)17-9-7-6-8-10-17;1-2-5-9-8-12-11-7-4-3-6-10(9)11;1-2;/h5,11-13,17H,1,6-10H2,2-4H3;3-4,6-8,12H,2,5H2,1H3;1H2;1H4/b14-11+,16-15+,18-13?,19-12-;;;. The highest BCUT2D eigenvalue weighted by Gasteiger charge is 2.14. The molecule has 1 aromatic heterocycles. The van der Waals surface area contributed by atoms with Crippen LogP contribution in [0.4, 0.5) is 0 Å². The minimum Gasteiger partial charge on any atom is -0.361 e. The van der Waals surface area contributed by atoms with Crippen LogP contribution in [0.1, 0.15) is 72.3 Å². The number of aromatic amines is 1. The summed E-state index contributed by atoms with van der Waals surface area (Å²) in [4.78, 5) is 19.7. The molecular weight excluding hydrogens is 418 g/mol. The monoisotopic (exact) mass is 463 g/mol. The van der Waals surface area contributed by atoms with E-state index in [1.165, 1.54) is 67.0 Å². The molecule has 0 saturated heterocycles. The Morgan fingerprint density at radius 3 is 2.44 bits per heavy atom. The largest absolute Gasteiger partial charge is 0.361 e. The summed E-state index contributed by atoms with van der Waals surface area (Å²) in [6.07, 6.45) is 19.0. The Labute approximate surface area is 207 Å². The summed E-state index contributed by atoms with van der Waals surface area (Å²) >= 11 is 0. The van der Waals surface area contributed by atoms with Crippen molar-refractivity contribution in [3.63, 3.8) is 0 Å². The lowest BCUT2D eigenvalue weighted by molar-refractivity contribution is -0.0979. The average molecular weight is 464 g/mol. The summed E-state index contributed by atoms with van der Waals surface area (Å²) in [6.45, 7) is 12.2. The quantitative estimate of drug-likeness (QED) is 0.326. The second-order valence-electron chi connectivity index (χ2n) is 8.27. The zero-order valence-electron chi connectivity index (χ0n) is 20.9. The van der Waals surface area contributed by atoms with Gasteiger partial charge in [-0.15, -0.1) is 0 Å². The van der Waals surface area contributed by atoms with Gasteiger partial charge < -0.3 is 9.78 Å². The van der Waals surface area contributed by atoms with Crippen LogP contribution in [0.3, 0.4) is 0 Å². The Bertz CT molecular complexity index is 956. The van der Waals surface area contributed by atoms with Gasteiger partial charge in [0.15, 0.2) is 0 Å². The van der Waals surface area contributed by atoms with Crippen LogP contribution in [-0.2, 0) is 11.2 Å². The Kier molecular flexibility index (Phi) is 16.8. The van der Waals surface area contributed by atoms with Gasteiger partial charge in [-0.05, 0) is 56.7 Å². The fourth-order valence-electron chi connectivity index (χ4n) is 4.08. The first-order chi connectivity index (χ1) is 16.1. The lowest BCUT2D eigenvalue weighted by Crippen LogP contribution is -2.07. The van der Waals surface area contributed by atoms with Crippen LogP contribution in [0.2, 0.25) is 0 Å². The number of hydrogen-bond donors (Lipinski definition) is 1. The summed E-state index contributed by atoms with van der Waals surface area (Å²) in [6, 6.07) is 8.45. The average Bonchev–Trinajstić information content (AvgIpc) is 3.28. The topological polar surface area (TPSA) is 57.6 Å². The van der Waals surface area contributed by atoms with Crippen molar-refractivity contribution in [3.05, 3.63) is 71.6 Å². The number of carbonyl (C=O) groups excluding carboxylic acids is 1. The predicted molar refractivity (Wildman–Crippen MR) is 152 cm³/mol. The number of hydrogen-bond acceptors (Lipinski definition) is 3. The molecule has 0 atom stereocenters. The molecule has 1 fully saturated rings. The number of benzene rings is 1. The first-order valence-corrected chi connectivity index (χ1v) is 11.9. The molecule has 1 aromatic carbocycles. The number of rotatable bonds is 7. The minimum atomic E-state index is 0. The number of allylic oxidation sites excluding steroid dienone is 5. The van der Waals surface area contributed by atoms with Crippen LogP contribution >= 0.6 is 0 Å². The van der Waals surface area contributed by atoms with Crippen LogP contribution in [0, 0.1) is 5.92 Å². The fourth-order valence-corrected chi connectivity index (χ4v) is 4.08. The van der Waals surface area contributed by atoms with Crippen molar-refractivity contribution in [2.75, 3.05) is 7.05 Å². The maximum atomic E-state index is 8.00. The van der Waals surface area contributed by atoms with Gasteiger partial charge in [-0.25, -0.2) is 0 Å². The molecule has 0 unspecified atom stereocenters. The molecule has 1 saturated carbocycles. The summed E-state index contributed by atoms with van der Waals surface area (Å²) < 4.78 is 0. The second-order valence-corrected chi connectivity index (χ2v) is 8.27. The SMILES string of the molecule is C.C=C\C(C=NC)=C(C)/N=C\C=C(/C)C1CCCCC1.C=O.CCCc1c[nH]c2ccccc12. The normalized spacial score (nSPS) is 15.1. The maximum Gasteiger partial charge on any atom is 0.106 e. The third-order valence-electron chi connectivity index (χ3n) is 5.95. The van der Waals surface area contributed by atoms with Crippen LogP contribution in [0.5, 0.6) is 0 Å². The van der Waals surface area contributed by atoms with Gasteiger partial charge in [-0.1, -0.05) is 76.5 Å². The number of nitrogens with zero attached hydrogens (tertiary/aromatic N) is 2. The minimum absolute atomic E-state index is 0. The highest BCUT2D eigenvalue weighted by molar-refractivity contribution is 5.84. The number of H-pyrrole nitrogens is 1. The van der Waals surface area contributed by atoms with Gasteiger partial charge in [0, 0.05) is 47.8 Å². The molecule has 4 nitrogen and oxygen atoms in total. The molecule has 0 radical (unpaired) electrons. The fraction of sp³-hybridized carbons (Fsp3) is 0.433. The van der Waals surface area contributed by atoms with Crippen molar-refractivity contribution in [1.82, 2.24) is 4.98 Å². The van der Waals surface area contributed by atoms with E-state index in [4.69, 9.17) is 4.79 Å². The molecule has 0 spiro atoms. The molecular formula is C30H45N3O. The molecule has 3 rings (SSSR count). The highest BCUT2D eigenvalue weighted by Crippen LogP contribution is 2.29. The zero-order chi connectivity index (χ0) is 24.5. The van der Waals surface area contributed by atoms with Crippen molar-refractivity contribution >= 4 is 30.1 Å². The first kappa shape index (κ1) is 31.0. The molecule has 0 aliphatic heterocycles. The third kappa shape index (κ3) is 10.3. The van der Waals surface area contributed by atoms with Gasteiger partial charge in [0.05, 0.1) is 0 Å². The van der Waals surface area contributed by atoms with Crippen LogP contribution in [0.25, 0.3) is 10.9 Å². The maximum absolute atomic E-state index is 8.00. The summed E-state index contributed by atoms with van der Waals surface area (Å²) in [5.41, 5.74) is 6.07. The molecule has 1 N–H and O–H groups in total. The van der Waals surface area contributed by atoms with Crippen LogP contribution < -0.4 is 0 Å². The number of aryl methyl sites for hydroxylation is 1. The van der Waals surface area contributed by atoms with E-state index in [9.17, 15) is 0 Å². The number of fused-ring (bicyclic) bond motifs is 1. The number of aliphatic imine (C=N–C) groups is 2. The van der Waals surface area contributed by atoms with E-state index in [1.54, 1.807) is 19.3 Å². The van der Waals surface area contributed by atoms with Gasteiger partial charge in [0.1, 0.15) is 6.79 Å². The van der Waals surface area contributed by atoms with E-state index >= 15 is 0 Å². The summed E-state index contributed by atoms with van der Waals surface area (Å²) in [5.74, 6) is 0.764. The molecule has 4 heteroatoms. The van der Waals surface area contributed by atoms with Crippen LogP contribution in [-0.4, -0.2) is 31.2 Å². The number of carbonyl (C=O) groups is 1. The Hall–Kier alpha value is -3.01. The van der Waals surface area contributed by atoms with Gasteiger partial charge in [-0.2, -0.15) is 0 Å². The number of aromatic nitrogens is 1. The molecule has 186 valence electrons. The zero-order valence-corrected chi connectivity index (χ0v) is 20.9. The predicted octanol–water partition coefficient (Wildman–Crippen LogP) is 8.32. The molecule has 1 heterocycles. The third-order valence-corrected chi connectivity index (χ3v) is 5.95. The summed E-state index contributed by atoms with van der Waals surface area (Å²) in [7, 11) is 1.76. The van der Waals surface area contributed by atoms with E-state index in [-0.39, 0.29) is 7.43 Å². The lowest BCUT2D eigenvalue weighted by atomic mass is 9.84. The summed E-state index contributed by atoms with van der Waals surface area (Å²) in [5, 5.41) is 1.37. The van der Waals surface area contributed by atoms with Crippen molar-refractivity contribution in [3.8, 4) is 0 Å². The van der Waals surface area contributed by atoms with Crippen LogP contribution in [0.15, 0.2) is 76.0 Å². The van der Waals surface area contributed by atoms with Crippen molar-refractivity contribution in [2.24, 2.45) is 15.9 Å². The molecule has 0 bridgehead atoms. The van der Waals surface area contributed by atoms with E-state index in [2.05, 4.69) is 71.9 Å². The molecule has 1 aliphatic carbocycles. The van der Waals surface area contributed by atoms with Gasteiger partial charge in [-0.3, -0.25) is 9.98 Å². The van der Waals surface area contributed by atoms with Gasteiger partial charge >= 0.3 is 0 Å². The highest BCUT2D eigenvalue weighted by atomic mass is 16.1. The Morgan fingerprint density at radius 2 is 1.82 bits per heavy atom. The number of para-hydroxylation sites is 1. The second kappa shape index (κ2) is 18.4. The first-order valence-electron chi connectivity index (χ1n) is 11.9. The Morgan fingerprint density at radius 1 is 1.15 bits per heavy atom. The van der Waals surface area contributed by atoms with Gasteiger partial charge in [0.25, 0.3) is 0 Å². The number of nitrogens with one attached hydrogen (secondary N) is 1. The molecule has 0 amide bonds.